The molecular weight excluding hydrogens is 176 g/mol. The van der Waals surface area contributed by atoms with Crippen molar-refractivity contribution in [3.63, 3.8) is 0 Å². The van der Waals surface area contributed by atoms with Crippen LogP contribution in [0.2, 0.25) is 0 Å². The lowest BCUT2D eigenvalue weighted by Crippen LogP contribution is -2.04. The number of phenols is 1. The van der Waals surface area contributed by atoms with Crippen LogP contribution >= 0.6 is 0 Å². The van der Waals surface area contributed by atoms with E-state index in [1.807, 2.05) is 6.92 Å². The largest absolute Gasteiger partial charge is 0.508 e. The average molecular weight is 190 g/mol. The fourth-order valence-corrected chi connectivity index (χ4v) is 1.47. The number of ether oxygens (including phenoxy) is 1. The summed E-state index contributed by atoms with van der Waals surface area (Å²) in [6.07, 6.45) is 3.62. The van der Waals surface area contributed by atoms with Crippen LogP contribution in [0, 0.1) is 0 Å². The summed E-state index contributed by atoms with van der Waals surface area (Å²) in [5, 5.41) is 9.09. The summed E-state index contributed by atoms with van der Waals surface area (Å²) in [6, 6.07) is 6.82. The van der Waals surface area contributed by atoms with Crippen LogP contribution in [0.1, 0.15) is 26.2 Å². The topological polar surface area (TPSA) is 29.5 Å². The lowest BCUT2D eigenvalue weighted by atomic mass is 9.91. The second kappa shape index (κ2) is 3.74. The van der Waals surface area contributed by atoms with Gasteiger partial charge in [0.25, 0.3) is 0 Å². The molecule has 1 aliphatic rings. The Kier molecular flexibility index (Phi) is 2.44. The van der Waals surface area contributed by atoms with E-state index in [1.165, 1.54) is 24.8 Å². The summed E-state index contributed by atoms with van der Waals surface area (Å²) in [6.45, 7) is 2.00. The van der Waals surface area contributed by atoms with E-state index in [0.717, 1.165) is 11.5 Å². The molecule has 1 saturated carbocycles. The summed E-state index contributed by atoms with van der Waals surface area (Å²) in [7, 11) is 0. The smallest absolute Gasteiger partial charge is 0.127 e. The van der Waals surface area contributed by atoms with Gasteiger partial charge in [0.1, 0.15) is 17.3 Å². The van der Waals surface area contributed by atoms with Gasteiger partial charge in [0.2, 0.25) is 0 Å². The molecule has 0 aromatic heterocycles. The molecule has 14 heavy (non-hydrogen) atoms. The van der Waals surface area contributed by atoms with Crippen LogP contribution in [0.4, 0.5) is 0 Å². The summed E-state index contributed by atoms with van der Waals surface area (Å²) >= 11 is 0. The van der Waals surface area contributed by atoms with Gasteiger partial charge in [-0.3, -0.25) is 0 Å². The van der Waals surface area contributed by atoms with Crippen molar-refractivity contribution in [2.75, 3.05) is 0 Å². The number of hydrogen-bond acceptors (Lipinski definition) is 2. The molecule has 0 aliphatic heterocycles. The summed E-state index contributed by atoms with van der Waals surface area (Å²) in [5.41, 5.74) is 1.41. The van der Waals surface area contributed by atoms with Crippen LogP contribution in [0.3, 0.4) is 0 Å². The summed E-state index contributed by atoms with van der Waals surface area (Å²) in [5.74, 6) is 2.08. The molecule has 0 atom stereocenters. The first-order valence-electron chi connectivity index (χ1n) is 4.91. The summed E-state index contributed by atoms with van der Waals surface area (Å²) < 4.78 is 5.64. The van der Waals surface area contributed by atoms with E-state index in [1.54, 1.807) is 24.3 Å². The van der Waals surface area contributed by atoms with Crippen LogP contribution in [0.15, 0.2) is 35.6 Å². The molecule has 2 rings (SSSR count). The van der Waals surface area contributed by atoms with Gasteiger partial charge < -0.3 is 9.84 Å². The maximum atomic E-state index is 9.09. The van der Waals surface area contributed by atoms with Gasteiger partial charge >= 0.3 is 0 Å². The fraction of sp³-hybridized carbons (Fsp3) is 0.333. The molecule has 0 saturated heterocycles. The Morgan fingerprint density at radius 2 is 1.86 bits per heavy atom. The second-order valence-electron chi connectivity index (χ2n) is 3.61. The van der Waals surface area contributed by atoms with Crippen molar-refractivity contribution in [1.29, 1.82) is 0 Å². The molecule has 2 nitrogen and oxygen atoms in total. The predicted octanol–water partition coefficient (Wildman–Crippen LogP) is 3.23. The number of aromatic hydroxyl groups is 1. The molecule has 0 unspecified atom stereocenters. The van der Waals surface area contributed by atoms with E-state index in [9.17, 15) is 0 Å². The molecule has 0 spiro atoms. The zero-order valence-corrected chi connectivity index (χ0v) is 8.29. The monoisotopic (exact) mass is 190 g/mol. The van der Waals surface area contributed by atoms with Crippen molar-refractivity contribution < 1.29 is 9.84 Å². The lowest BCUT2D eigenvalue weighted by molar-refractivity contribution is 0.402. The SMILES string of the molecule is CC(Oc1ccc(O)cc1)=C1CCC1. The van der Waals surface area contributed by atoms with E-state index in [-0.39, 0.29) is 5.75 Å². The fourth-order valence-electron chi connectivity index (χ4n) is 1.47. The minimum atomic E-state index is 0.270. The molecule has 1 N–H and O–H groups in total. The van der Waals surface area contributed by atoms with E-state index in [4.69, 9.17) is 9.84 Å². The molecular formula is C12H14O2. The Morgan fingerprint density at radius 1 is 1.21 bits per heavy atom. The van der Waals surface area contributed by atoms with Crippen molar-refractivity contribution in [3.8, 4) is 11.5 Å². The van der Waals surface area contributed by atoms with Crippen molar-refractivity contribution in [2.45, 2.75) is 26.2 Å². The van der Waals surface area contributed by atoms with Crippen LogP contribution in [0.25, 0.3) is 0 Å². The lowest BCUT2D eigenvalue weighted by Gasteiger charge is -2.19. The summed E-state index contributed by atoms with van der Waals surface area (Å²) in [4.78, 5) is 0. The minimum absolute atomic E-state index is 0.270. The first kappa shape index (κ1) is 9.13. The van der Waals surface area contributed by atoms with Crippen LogP contribution in [-0.4, -0.2) is 5.11 Å². The first-order valence-corrected chi connectivity index (χ1v) is 4.91. The van der Waals surface area contributed by atoms with Crippen molar-refractivity contribution in [1.82, 2.24) is 0 Å². The Labute approximate surface area is 83.8 Å². The zero-order valence-electron chi connectivity index (χ0n) is 8.29. The Hall–Kier alpha value is -1.44. The molecule has 74 valence electrons. The zero-order chi connectivity index (χ0) is 9.97. The maximum Gasteiger partial charge on any atom is 0.127 e. The molecule has 1 aromatic rings. The van der Waals surface area contributed by atoms with Crippen LogP contribution in [-0.2, 0) is 0 Å². The van der Waals surface area contributed by atoms with E-state index < -0.39 is 0 Å². The van der Waals surface area contributed by atoms with E-state index in [0.29, 0.717) is 0 Å². The van der Waals surface area contributed by atoms with E-state index >= 15 is 0 Å². The highest BCUT2D eigenvalue weighted by molar-refractivity contribution is 5.31. The average Bonchev–Trinajstić information content (AvgIpc) is 2.06. The third-order valence-corrected chi connectivity index (χ3v) is 2.56. The first-order chi connectivity index (χ1) is 6.75. The molecule has 1 aliphatic carbocycles. The van der Waals surface area contributed by atoms with Gasteiger partial charge in [0, 0.05) is 0 Å². The molecule has 0 heterocycles. The molecule has 1 fully saturated rings. The molecule has 0 radical (unpaired) electrons. The number of hydrogen-bond donors (Lipinski definition) is 1. The van der Waals surface area contributed by atoms with Crippen molar-refractivity contribution in [3.05, 3.63) is 35.6 Å². The van der Waals surface area contributed by atoms with Crippen molar-refractivity contribution in [2.24, 2.45) is 0 Å². The Bertz CT molecular complexity index is 343. The van der Waals surface area contributed by atoms with E-state index in [2.05, 4.69) is 0 Å². The standard InChI is InChI=1S/C12H14O2/c1-9(10-3-2-4-10)14-12-7-5-11(13)6-8-12/h5-8,13H,2-4H2,1H3. The molecule has 2 heteroatoms. The molecule has 0 amide bonds. The van der Waals surface area contributed by atoms with Gasteiger partial charge in [-0.25, -0.2) is 0 Å². The van der Waals surface area contributed by atoms with Gasteiger partial charge in [0.05, 0.1) is 0 Å². The minimum Gasteiger partial charge on any atom is -0.508 e. The molecule has 0 bridgehead atoms. The van der Waals surface area contributed by atoms with Gasteiger partial charge in [-0.2, -0.15) is 0 Å². The highest BCUT2D eigenvalue weighted by Crippen LogP contribution is 2.30. The number of benzene rings is 1. The normalized spacial score (nSPS) is 14.8. The Morgan fingerprint density at radius 3 is 2.36 bits per heavy atom. The van der Waals surface area contributed by atoms with Crippen molar-refractivity contribution >= 4 is 0 Å². The van der Waals surface area contributed by atoms with Gasteiger partial charge in [0.15, 0.2) is 0 Å². The number of allylic oxidation sites excluding steroid dienone is 2. The van der Waals surface area contributed by atoms with Gasteiger partial charge in [-0.05, 0) is 56.0 Å². The number of rotatable bonds is 2. The Balaban J connectivity index is 2.07. The van der Waals surface area contributed by atoms with Gasteiger partial charge in [-0.1, -0.05) is 0 Å². The maximum absolute atomic E-state index is 9.09. The third kappa shape index (κ3) is 1.90. The van der Waals surface area contributed by atoms with Crippen LogP contribution in [0.5, 0.6) is 11.5 Å². The van der Waals surface area contributed by atoms with Gasteiger partial charge in [-0.15, -0.1) is 0 Å². The quantitative estimate of drug-likeness (QED) is 0.725. The second-order valence-corrected chi connectivity index (χ2v) is 3.61. The highest BCUT2D eigenvalue weighted by atomic mass is 16.5. The third-order valence-electron chi connectivity index (χ3n) is 2.56. The van der Waals surface area contributed by atoms with Crippen LogP contribution < -0.4 is 4.74 Å². The predicted molar refractivity (Wildman–Crippen MR) is 55.3 cm³/mol. The highest BCUT2D eigenvalue weighted by Gasteiger charge is 2.12. The molecule has 1 aromatic carbocycles. The number of phenolic OH excluding ortho intramolecular Hbond substituents is 1.